The maximum absolute atomic E-state index is 12.9. The van der Waals surface area contributed by atoms with Crippen molar-refractivity contribution < 1.29 is 22.8 Å². The smallest absolute Gasteiger partial charge is 0.326 e. The van der Waals surface area contributed by atoms with Gasteiger partial charge in [-0.05, 0) is 49.2 Å². The highest BCUT2D eigenvalue weighted by molar-refractivity contribution is 6.08. The van der Waals surface area contributed by atoms with Crippen LogP contribution in [0.3, 0.4) is 0 Å². The minimum absolute atomic E-state index is 0.0619. The molecular formula is C23H21F3N4O3. The van der Waals surface area contributed by atoms with Crippen molar-refractivity contribution in [2.75, 3.05) is 10.6 Å². The zero-order chi connectivity index (χ0) is 23.6. The first kappa shape index (κ1) is 22.5. The number of aromatic nitrogens is 2. The number of alkyl halides is 3. The van der Waals surface area contributed by atoms with Gasteiger partial charge < -0.3 is 10.6 Å². The van der Waals surface area contributed by atoms with Gasteiger partial charge in [-0.2, -0.15) is 13.2 Å². The van der Waals surface area contributed by atoms with Crippen LogP contribution in [0.25, 0.3) is 10.9 Å². The van der Waals surface area contributed by atoms with Gasteiger partial charge in [0.25, 0.3) is 5.56 Å². The number of nitrogens with one attached hydrogen (secondary N) is 2. The largest absolute Gasteiger partial charge is 0.416 e. The maximum Gasteiger partial charge on any atom is 0.416 e. The number of aryl methyl sites for hydroxylation is 1. The average molecular weight is 458 g/mol. The number of fused-ring (bicyclic) bond motifs is 2. The summed E-state index contributed by atoms with van der Waals surface area (Å²) in [5.41, 5.74) is -0.275. The summed E-state index contributed by atoms with van der Waals surface area (Å²) in [5.74, 6) is -0.672. The Labute approximate surface area is 186 Å². The molecule has 1 aliphatic rings. The SMILES string of the molecule is O=C(CC(=O)Nc1ccc2nc3n(c(=O)c2c1)CCCCC3)Nc1cccc(C(F)(F)F)c1. The van der Waals surface area contributed by atoms with E-state index in [9.17, 15) is 27.6 Å². The number of hydrogen-bond acceptors (Lipinski definition) is 4. The van der Waals surface area contributed by atoms with Gasteiger partial charge in [-0.1, -0.05) is 12.5 Å². The molecule has 1 aliphatic heterocycles. The Balaban J connectivity index is 1.45. The predicted octanol–water partition coefficient (Wildman–Crippen LogP) is 4.11. The van der Waals surface area contributed by atoms with Crippen molar-refractivity contribution in [1.29, 1.82) is 0 Å². The highest BCUT2D eigenvalue weighted by Crippen LogP contribution is 2.30. The minimum atomic E-state index is -4.54. The standard InChI is InChI=1S/C23H21F3N4O3/c24-23(25,26)14-5-4-6-15(11-14)27-20(31)13-21(32)28-16-8-9-18-17(12-16)22(33)30-10-3-1-2-7-19(30)29-18/h4-6,8-9,11-12H,1-3,7,10,13H2,(H,27,31)(H,28,32). The molecule has 2 heterocycles. The van der Waals surface area contributed by atoms with Crippen molar-refractivity contribution in [3.8, 4) is 0 Å². The van der Waals surface area contributed by atoms with Crippen LogP contribution in [0.5, 0.6) is 0 Å². The van der Waals surface area contributed by atoms with Crippen LogP contribution in [-0.2, 0) is 28.7 Å². The highest BCUT2D eigenvalue weighted by atomic mass is 19.4. The fourth-order valence-electron chi connectivity index (χ4n) is 3.83. The van der Waals surface area contributed by atoms with Gasteiger partial charge in [-0.3, -0.25) is 19.0 Å². The summed E-state index contributed by atoms with van der Waals surface area (Å²) in [5, 5.41) is 5.20. The van der Waals surface area contributed by atoms with E-state index in [4.69, 9.17) is 0 Å². The van der Waals surface area contributed by atoms with Gasteiger partial charge in [0, 0.05) is 24.3 Å². The fourth-order valence-corrected chi connectivity index (χ4v) is 3.83. The number of anilines is 2. The van der Waals surface area contributed by atoms with Gasteiger partial charge in [-0.25, -0.2) is 4.98 Å². The number of amides is 2. The van der Waals surface area contributed by atoms with Crippen LogP contribution in [0, 0.1) is 0 Å². The third-order valence-corrected chi connectivity index (χ3v) is 5.39. The monoisotopic (exact) mass is 458 g/mol. The molecule has 1 aromatic heterocycles. The summed E-state index contributed by atoms with van der Waals surface area (Å²) in [6, 6.07) is 8.90. The second kappa shape index (κ2) is 9.05. The number of carbonyl (C=O) groups is 2. The normalized spacial score (nSPS) is 13.8. The van der Waals surface area contributed by atoms with Gasteiger partial charge in [0.15, 0.2) is 0 Å². The highest BCUT2D eigenvalue weighted by Gasteiger charge is 2.30. The molecule has 0 fully saturated rings. The Bertz CT molecular complexity index is 1280. The minimum Gasteiger partial charge on any atom is -0.326 e. The van der Waals surface area contributed by atoms with Gasteiger partial charge in [0.05, 0.1) is 16.5 Å². The van der Waals surface area contributed by atoms with Crippen LogP contribution in [0.15, 0.2) is 47.3 Å². The van der Waals surface area contributed by atoms with Crippen molar-refractivity contribution in [2.24, 2.45) is 0 Å². The lowest BCUT2D eigenvalue weighted by Crippen LogP contribution is -2.25. The Morgan fingerprint density at radius 2 is 1.70 bits per heavy atom. The van der Waals surface area contributed by atoms with Crippen molar-refractivity contribution in [3.05, 3.63) is 64.2 Å². The molecule has 3 aromatic rings. The molecule has 0 saturated carbocycles. The third-order valence-electron chi connectivity index (χ3n) is 5.39. The quantitative estimate of drug-likeness (QED) is 0.576. The van der Waals surface area contributed by atoms with E-state index in [-0.39, 0.29) is 11.2 Å². The molecule has 4 rings (SSSR count). The van der Waals surface area contributed by atoms with Crippen molar-refractivity contribution in [3.63, 3.8) is 0 Å². The Kier molecular flexibility index (Phi) is 6.17. The van der Waals surface area contributed by atoms with E-state index in [1.807, 2.05) is 0 Å². The van der Waals surface area contributed by atoms with Crippen LogP contribution in [0.2, 0.25) is 0 Å². The Hall–Kier alpha value is -3.69. The molecule has 0 unspecified atom stereocenters. The molecule has 0 aliphatic carbocycles. The van der Waals surface area contributed by atoms with Crippen LogP contribution in [-0.4, -0.2) is 21.4 Å². The number of halogens is 3. The zero-order valence-electron chi connectivity index (χ0n) is 17.5. The summed E-state index contributed by atoms with van der Waals surface area (Å²) in [4.78, 5) is 41.9. The lowest BCUT2D eigenvalue weighted by atomic mass is 10.2. The zero-order valence-corrected chi connectivity index (χ0v) is 17.5. The van der Waals surface area contributed by atoms with E-state index in [0.717, 1.165) is 43.6 Å². The summed E-state index contributed by atoms with van der Waals surface area (Å²) in [7, 11) is 0. The molecular weight excluding hydrogens is 437 g/mol. The summed E-state index contributed by atoms with van der Waals surface area (Å²) in [6.07, 6.45) is -1.49. The van der Waals surface area contributed by atoms with E-state index in [1.165, 1.54) is 18.2 Å². The lowest BCUT2D eigenvalue weighted by molar-refractivity contribution is -0.137. The molecule has 0 atom stereocenters. The van der Waals surface area contributed by atoms with Crippen LogP contribution < -0.4 is 16.2 Å². The van der Waals surface area contributed by atoms with Crippen molar-refractivity contribution in [1.82, 2.24) is 9.55 Å². The molecule has 172 valence electrons. The molecule has 33 heavy (non-hydrogen) atoms. The second-order valence-electron chi connectivity index (χ2n) is 7.88. The molecule has 0 bridgehead atoms. The topological polar surface area (TPSA) is 93.1 Å². The number of benzene rings is 2. The van der Waals surface area contributed by atoms with Gasteiger partial charge in [0.1, 0.15) is 12.2 Å². The number of rotatable bonds is 4. The first-order chi connectivity index (χ1) is 15.7. The van der Waals surface area contributed by atoms with E-state index < -0.39 is 30.0 Å². The molecule has 2 amide bonds. The molecule has 10 heteroatoms. The predicted molar refractivity (Wildman–Crippen MR) is 117 cm³/mol. The first-order valence-electron chi connectivity index (χ1n) is 10.5. The number of hydrogen-bond donors (Lipinski definition) is 2. The van der Waals surface area contributed by atoms with E-state index in [0.29, 0.717) is 23.1 Å². The van der Waals surface area contributed by atoms with Crippen LogP contribution in [0.1, 0.15) is 37.1 Å². The molecule has 0 radical (unpaired) electrons. The maximum atomic E-state index is 12.9. The number of carbonyl (C=O) groups excluding carboxylic acids is 2. The lowest BCUT2D eigenvalue weighted by Gasteiger charge is -2.12. The van der Waals surface area contributed by atoms with E-state index in [2.05, 4.69) is 15.6 Å². The van der Waals surface area contributed by atoms with Crippen LogP contribution >= 0.6 is 0 Å². The Morgan fingerprint density at radius 1 is 0.970 bits per heavy atom. The Morgan fingerprint density at radius 3 is 2.42 bits per heavy atom. The fraction of sp³-hybridized carbons (Fsp3) is 0.304. The molecule has 0 spiro atoms. The molecule has 2 aromatic carbocycles. The molecule has 7 nitrogen and oxygen atoms in total. The van der Waals surface area contributed by atoms with E-state index >= 15 is 0 Å². The van der Waals surface area contributed by atoms with Gasteiger partial charge in [0.2, 0.25) is 11.8 Å². The first-order valence-corrected chi connectivity index (χ1v) is 10.5. The van der Waals surface area contributed by atoms with Gasteiger partial charge >= 0.3 is 6.18 Å². The molecule has 2 N–H and O–H groups in total. The van der Waals surface area contributed by atoms with E-state index in [1.54, 1.807) is 16.7 Å². The number of nitrogens with zero attached hydrogens (tertiary/aromatic N) is 2. The van der Waals surface area contributed by atoms with Crippen molar-refractivity contribution in [2.45, 2.75) is 44.8 Å². The summed E-state index contributed by atoms with van der Waals surface area (Å²) < 4.78 is 40.1. The summed E-state index contributed by atoms with van der Waals surface area (Å²) >= 11 is 0. The molecule has 0 saturated heterocycles. The van der Waals surface area contributed by atoms with Gasteiger partial charge in [-0.15, -0.1) is 0 Å². The third kappa shape index (κ3) is 5.21. The summed E-state index contributed by atoms with van der Waals surface area (Å²) in [6.45, 7) is 0.601. The average Bonchev–Trinajstić information content (AvgIpc) is 2.99. The van der Waals surface area contributed by atoms with Crippen LogP contribution in [0.4, 0.5) is 24.5 Å². The van der Waals surface area contributed by atoms with Crippen molar-refractivity contribution >= 4 is 34.1 Å². The second-order valence-corrected chi connectivity index (χ2v) is 7.88.